The number of carbonyl (C=O) groups is 3. The highest BCUT2D eigenvalue weighted by Crippen LogP contribution is 2.39. The molecule has 0 radical (unpaired) electrons. The highest BCUT2D eigenvalue weighted by atomic mass is 16.8. The fourth-order valence-electron chi connectivity index (χ4n) is 4.49. The van der Waals surface area contributed by atoms with Crippen LogP contribution in [-0.2, 0) is 28.4 Å². The van der Waals surface area contributed by atoms with Crippen molar-refractivity contribution in [3.63, 3.8) is 0 Å². The van der Waals surface area contributed by atoms with Gasteiger partial charge in [0.1, 0.15) is 12.7 Å². The van der Waals surface area contributed by atoms with Crippen LogP contribution in [0, 0.1) is 0 Å². The van der Waals surface area contributed by atoms with Crippen LogP contribution >= 0.6 is 0 Å². The summed E-state index contributed by atoms with van der Waals surface area (Å²) < 4.78 is 35.4. The molecule has 39 heavy (non-hydrogen) atoms. The van der Waals surface area contributed by atoms with E-state index < -0.39 is 54.4 Å². The van der Waals surface area contributed by atoms with Crippen molar-refractivity contribution in [1.82, 2.24) is 0 Å². The van der Waals surface area contributed by atoms with Gasteiger partial charge in [-0.05, 0) is 50.2 Å². The van der Waals surface area contributed by atoms with Crippen molar-refractivity contribution >= 4 is 17.9 Å². The Morgan fingerprint density at radius 3 is 1.64 bits per heavy atom. The number of hydrogen-bond donors (Lipinski definition) is 0. The van der Waals surface area contributed by atoms with Crippen molar-refractivity contribution in [2.75, 3.05) is 6.61 Å². The average Bonchev–Trinajstić information content (AvgIpc) is 3.28. The van der Waals surface area contributed by atoms with Crippen LogP contribution in [0.15, 0.2) is 91.0 Å². The molecule has 5 rings (SSSR count). The minimum Gasteiger partial charge on any atom is -0.459 e. The van der Waals surface area contributed by atoms with Crippen molar-refractivity contribution in [3.05, 3.63) is 108 Å². The fourth-order valence-corrected chi connectivity index (χ4v) is 4.49. The van der Waals surface area contributed by atoms with E-state index in [1.165, 1.54) is 0 Å². The molecule has 0 amide bonds. The van der Waals surface area contributed by atoms with Crippen LogP contribution in [0.5, 0.6) is 0 Å². The quantitative estimate of drug-likeness (QED) is 0.327. The van der Waals surface area contributed by atoms with E-state index in [2.05, 4.69) is 0 Å². The number of ether oxygens (including phenoxy) is 6. The third kappa shape index (κ3) is 6.17. The maximum Gasteiger partial charge on any atom is 0.338 e. The molecule has 0 spiro atoms. The Morgan fingerprint density at radius 2 is 1.13 bits per heavy atom. The Morgan fingerprint density at radius 1 is 0.667 bits per heavy atom. The molecule has 9 heteroatoms. The first-order valence-corrected chi connectivity index (χ1v) is 12.6. The molecule has 2 aliphatic heterocycles. The second kappa shape index (κ2) is 11.4. The van der Waals surface area contributed by atoms with Gasteiger partial charge in [0.25, 0.3) is 0 Å². The second-order valence-corrected chi connectivity index (χ2v) is 9.58. The molecule has 202 valence electrons. The molecule has 2 heterocycles. The summed E-state index contributed by atoms with van der Waals surface area (Å²) in [6.07, 6.45) is -5.24. The number of rotatable bonds is 7. The lowest BCUT2D eigenvalue weighted by Gasteiger charge is -2.41. The summed E-state index contributed by atoms with van der Waals surface area (Å²) in [6, 6.07) is 25.2. The van der Waals surface area contributed by atoms with Crippen molar-refractivity contribution in [2.24, 2.45) is 0 Å². The summed E-state index contributed by atoms with van der Waals surface area (Å²) >= 11 is 0. The van der Waals surface area contributed by atoms with Gasteiger partial charge in [-0.3, -0.25) is 0 Å². The van der Waals surface area contributed by atoms with E-state index in [1.807, 2.05) is 0 Å². The number of esters is 3. The van der Waals surface area contributed by atoms with Crippen molar-refractivity contribution in [1.29, 1.82) is 0 Å². The summed E-state index contributed by atoms with van der Waals surface area (Å²) in [4.78, 5) is 39.0. The molecule has 5 atom stereocenters. The molecule has 0 N–H and O–H groups in total. The van der Waals surface area contributed by atoms with Gasteiger partial charge in [-0.15, -0.1) is 0 Å². The van der Waals surface area contributed by atoms with Gasteiger partial charge in [0.15, 0.2) is 30.4 Å². The van der Waals surface area contributed by atoms with Gasteiger partial charge in [-0.25, -0.2) is 14.4 Å². The SMILES string of the molecule is CC1(C)O[C@H]2O[C@@H](COC(=O)c3ccccc3)[C@@H](OC(=O)c3ccccc3)[C@@H](OC(=O)c3ccccc3)[C@H]2O1. The maximum atomic E-state index is 13.1. The van der Waals surface area contributed by atoms with E-state index in [0.29, 0.717) is 11.1 Å². The van der Waals surface area contributed by atoms with Crippen LogP contribution in [0.25, 0.3) is 0 Å². The van der Waals surface area contributed by atoms with E-state index in [0.717, 1.165) is 0 Å². The topological polar surface area (TPSA) is 107 Å². The zero-order valence-corrected chi connectivity index (χ0v) is 21.4. The highest BCUT2D eigenvalue weighted by molar-refractivity contribution is 5.91. The maximum absolute atomic E-state index is 13.1. The van der Waals surface area contributed by atoms with Gasteiger partial charge in [-0.2, -0.15) is 0 Å². The number of hydrogen-bond acceptors (Lipinski definition) is 9. The molecule has 9 nitrogen and oxygen atoms in total. The summed E-state index contributed by atoms with van der Waals surface area (Å²) in [5, 5.41) is 0. The zero-order chi connectivity index (χ0) is 27.4. The predicted molar refractivity (Wildman–Crippen MR) is 137 cm³/mol. The third-order valence-electron chi connectivity index (χ3n) is 6.30. The number of benzene rings is 3. The number of carbonyl (C=O) groups excluding carboxylic acids is 3. The fraction of sp³-hybridized carbons (Fsp3) is 0.300. The molecule has 0 saturated carbocycles. The molecular weight excluding hydrogens is 504 g/mol. The molecule has 2 aliphatic rings. The second-order valence-electron chi connectivity index (χ2n) is 9.58. The van der Waals surface area contributed by atoms with E-state index in [-0.39, 0.29) is 12.2 Å². The first kappa shape index (κ1) is 26.6. The third-order valence-corrected chi connectivity index (χ3v) is 6.30. The summed E-state index contributed by atoms with van der Waals surface area (Å²) in [7, 11) is 0. The molecule has 2 saturated heterocycles. The van der Waals surface area contributed by atoms with Gasteiger partial charge in [0.2, 0.25) is 0 Å². The Bertz CT molecular complexity index is 1290. The average molecular weight is 533 g/mol. The summed E-state index contributed by atoms with van der Waals surface area (Å²) in [5.41, 5.74) is 0.938. The lowest BCUT2D eigenvalue weighted by atomic mass is 9.98. The Labute approximate surface area is 225 Å². The Balaban J connectivity index is 1.44. The molecule has 0 aromatic heterocycles. The monoisotopic (exact) mass is 532 g/mol. The first-order valence-electron chi connectivity index (χ1n) is 12.6. The van der Waals surface area contributed by atoms with Crippen LogP contribution in [0.3, 0.4) is 0 Å². The zero-order valence-electron chi connectivity index (χ0n) is 21.4. The molecule has 0 aliphatic carbocycles. The minimum absolute atomic E-state index is 0.289. The van der Waals surface area contributed by atoms with E-state index in [4.69, 9.17) is 28.4 Å². The molecule has 2 fully saturated rings. The van der Waals surface area contributed by atoms with E-state index in [1.54, 1.807) is 105 Å². The standard InChI is InChI=1S/C30H28O9/c1-30(2)38-25-24(37-28(33)21-16-10-5-11-17-21)23(36-27(32)20-14-8-4-9-15-20)22(35-29(25)39-30)18-34-26(31)19-12-6-3-7-13-19/h3-17,22-25,29H,18H2,1-2H3/t22-,23+,24+,25+,29+/m0/s1. The van der Waals surface area contributed by atoms with Crippen molar-refractivity contribution < 1.29 is 42.8 Å². The first-order chi connectivity index (χ1) is 18.8. The predicted octanol–water partition coefficient (Wildman–Crippen LogP) is 4.17. The largest absolute Gasteiger partial charge is 0.459 e. The van der Waals surface area contributed by atoms with Crippen LogP contribution in [-0.4, -0.2) is 61.0 Å². The normalized spacial score (nSPS) is 25.2. The Hall–Kier alpha value is -4.05. The smallest absolute Gasteiger partial charge is 0.338 e. The molecule has 3 aromatic rings. The van der Waals surface area contributed by atoms with E-state index >= 15 is 0 Å². The van der Waals surface area contributed by atoms with Crippen LogP contribution in [0.4, 0.5) is 0 Å². The lowest BCUT2D eigenvalue weighted by molar-refractivity contribution is -0.255. The van der Waals surface area contributed by atoms with Gasteiger partial charge in [0.05, 0.1) is 16.7 Å². The van der Waals surface area contributed by atoms with Gasteiger partial charge < -0.3 is 28.4 Å². The summed E-state index contributed by atoms with van der Waals surface area (Å²) in [6.45, 7) is 3.09. The summed E-state index contributed by atoms with van der Waals surface area (Å²) in [5.74, 6) is -2.97. The van der Waals surface area contributed by atoms with Crippen molar-refractivity contribution in [2.45, 2.75) is 50.3 Å². The van der Waals surface area contributed by atoms with Crippen LogP contribution in [0.2, 0.25) is 0 Å². The van der Waals surface area contributed by atoms with Crippen LogP contribution < -0.4 is 0 Å². The van der Waals surface area contributed by atoms with Gasteiger partial charge in [0, 0.05) is 0 Å². The molecule has 0 bridgehead atoms. The lowest BCUT2D eigenvalue weighted by Crippen LogP contribution is -2.60. The minimum atomic E-state index is -1.19. The number of fused-ring (bicyclic) bond motifs is 1. The molecule has 3 aromatic carbocycles. The highest BCUT2D eigenvalue weighted by Gasteiger charge is 2.58. The van der Waals surface area contributed by atoms with Crippen molar-refractivity contribution in [3.8, 4) is 0 Å². The molecule has 0 unspecified atom stereocenters. The van der Waals surface area contributed by atoms with Gasteiger partial charge in [-0.1, -0.05) is 54.6 Å². The Kier molecular flexibility index (Phi) is 7.74. The van der Waals surface area contributed by atoms with Gasteiger partial charge >= 0.3 is 17.9 Å². The van der Waals surface area contributed by atoms with Crippen LogP contribution in [0.1, 0.15) is 44.9 Å². The molecular formula is C30H28O9. The van der Waals surface area contributed by atoms with E-state index in [9.17, 15) is 14.4 Å².